The second-order valence-electron chi connectivity index (χ2n) is 12.1. The Balaban J connectivity index is 1.61. The number of hydroxylamine groups is 3. The van der Waals surface area contributed by atoms with E-state index in [1.807, 2.05) is 39.8 Å². The van der Waals surface area contributed by atoms with Crippen LogP contribution in [0.2, 0.25) is 0 Å². The van der Waals surface area contributed by atoms with Crippen molar-refractivity contribution >= 4 is 13.9 Å². The van der Waals surface area contributed by atoms with Crippen LogP contribution in [0, 0.1) is 34.5 Å². The highest BCUT2D eigenvalue weighted by atomic mass is 31.1. The van der Waals surface area contributed by atoms with Crippen molar-refractivity contribution in [3.8, 4) is 0 Å². The molecule has 4 aliphatic rings. The largest absolute Gasteiger partial charge is 0.349 e. The maximum absolute atomic E-state index is 13.8. The molecule has 0 aromatic heterocycles. The zero-order valence-electron chi connectivity index (χ0n) is 20.7. The Labute approximate surface area is 194 Å². The Morgan fingerprint density at radius 3 is 2.34 bits per heavy atom. The number of amides is 1. The van der Waals surface area contributed by atoms with E-state index in [1.165, 1.54) is 5.57 Å². The van der Waals surface area contributed by atoms with Gasteiger partial charge in [0.2, 0.25) is 8.03 Å². The number of carbonyl (C=O) groups is 1. The zero-order valence-corrected chi connectivity index (χ0v) is 21.7. The second-order valence-corrected chi connectivity index (χ2v) is 13.3. The van der Waals surface area contributed by atoms with Gasteiger partial charge in [-0.1, -0.05) is 31.6 Å². The van der Waals surface area contributed by atoms with Gasteiger partial charge in [0.15, 0.2) is 0 Å². The van der Waals surface area contributed by atoms with Gasteiger partial charge in [-0.2, -0.15) is 0 Å². The molecule has 0 aliphatic heterocycles. The lowest BCUT2D eigenvalue weighted by Gasteiger charge is -2.57. The van der Waals surface area contributed by atoms with Gasteiger partial charge < -0.3 is 4.89 Å². The van der Waals surface area contributed by atoms with Crippen molar-refractivity contribution in [2.45, 2.75) is 98.6 Å². The number of quaternary nitrogens is 1. The van der Waals surface area contributed by atoms with E-state index < -0.39 is 12.7 Å². The van der Waals surface area contributed by atoms with Crippen molar-refractivity contribution in [2.75, 3.05) is 0 Å². The first-order chi connectivity index (χ1) is 14.9. The normalized spacial score (nSPS) is 40.3. The van der Waals surface area contributed by atoms with Gasteiger partial charge in [0.05, 0.1) is 5.92 Å². The Kier molecular flexibility index (Phi) is 6.24. The van der Waals surface area contributed by atoms with Crippen molar-refractivity contribution in [1.29, 1.82) is 0 Å². The molecule has 3 fully saturated rings. The molecule has 1 amide bonds. The van der Waals surface area contributed by atoms with Gasteiger partial charge >= 0.3 is 5.91 Å². The molecule has 4 rings (SSSR count). The summed E-state index contributed by atoms with van der Waals surface area (Å²) in [6.45, 7) is 12.5. The molecule has 2 N–H and O–H groups in total. The molecule has 32 heavy (non-hydrogen) atoms. The second kappa shape index (κ2) is 8.18. The molecular formula is C26H43NO4P+. The van der Waals surface area contributed by atoms with E-state index >= 15 is 0 Å². The lowest BCUT2D eigenvalue weighted by atomic mass is 9.47. The van der Waals surface area contributed by atoms with Crippen molar-refractivity contribution in [3.05, 3.63) is 23.0 Å². The average Bonchev–Trinajstić information content (AvgIpc) is 3.08. The van der Waals surface area contributed by atoms with Gasteiger partial charge in [0.1, 0.15) is 12.1 Å². The van der Waals surface area contributed by atoms with Crippen LogP contribution in [0.1, 0.15) is 86.5 Å². The molecule has 3 saturated carbocycles. The molecule has 0 bridgehead atoms. The predicted octanol–water partition coefficient (Wildman–Crippen LogP) is 6.08. The molecular weight excluding hydrogens is 421 g/mol. The van der Waals surface area contributed by atoms with Crippen molar-refractivity contribution in [3.63, 3.8) is 0 Å². The highest BCUT2D eigenvalue weighted by molar-refractivity contribution is 7.43. The smallest absolute Gasteiger partial charge is 0.343 e. The minimum Gasteiger partial charge on any atom is -0.343 e. The number of nitrogens with zero attached hydrogens (tertiary/aromatic N) is 1. The van der Waals surface area contributed by atoms with Gasteiger partial charge in [-0.3, -0.25) is 4.57 Å². The van der Waals surface area contributed by atoms with E-state index in [1.54, 1.807) is 0 Å². The lowest BCUT2D eigenvalue weighted by molar-refractivity contribution is -1.07. The summed E-state index contributed by atoms with van der Waals surface area (Å²) < 4.78 is 11.2. The first-order valence-electron chi connectivity index (χ1n) is 12.7. The van der Waals surface area contributed by atoms with Crippen LogP contribution in [0.5, 0.6) is 0 Å². The number of hydrogen-bond donors (Lipinski definition) is 2. The fourth-order valence-electron chi connectivity index (χ4n) is 8.32. The third-order valence-corrected chi connectivity index (χ3v) is 11.1. The van der Waals surface area contributed by atoms with Gasteiger partial charge in [0, 0.05) is 5.31 Å². The van der Waals surface area contributed by atoms with Crippen LogP contribution in [0.4, 0.5) is 0 Å². The van der Waals surface area contributed by atoms with E-state index in [4.69, 9.17) is 0 Å². The number of allylic oxidation sites excluding steroid dienone is 4. The third kappa shape index (κ3) is 3.37. The Bertz CT molecular complexity index is 869. The molecule has 0 heterocycles. The van der Waals surface area contributed by atoms with Crippen LogP contribution in [0.15, 0.2) is 23.0 Å². The molecule has 0 radical (unpaired) electrons. The van der Waals surface area contributed by atoms with Crippen LogP contribution in [-0.4, -0.2) is 32.7 Å². The van der Waals surface area contributed by atoms with Crippen LogP contribution >= 0.6 is 8.03 Å². The number of hydrogen-bond acceptors (Lipinski definition) is 3. The Morgan fingerprint density at radius 1 is 1.09 bits per heavy atom. The molecule has 4 aliphatic carbocycles. The van der Waals surface area contributed by atoms with E-state index in [0.717, 1.165) is 44.9 Å². The van der Waals surface area contributed by atoms with Gasteiger partial charge in [0.25, 0.3) is 0 Å². The van der Waals surface area contributed by atoms with E-state index in [-0.39, 0.29) is 34.7 Å². The summed E-state index contributed by atoms with van der Waals surface area (Å²) in [5.41, 5.74) is 1.39. The lowest BCUT2D eigenvalue weighted by Crippen LogP contribution is -2.63. The zero-order chi connectivity index (χ0) is 23.6. The maximum Gasteiger partial charge on any atom is 0.349 e. The first-order valence-corrected chi connectivity index (χ1v) is 14.0. The van der Waals surface area contributed by atoms with E-state index in [0.29, 0.717) is 23.1 Å². The monoisotopic (exact) mass is 464 g/mol. The molecule has 180 valence electrons. The quantitative estimate of drug-likeness (QED) is 0.229. The highest BCUT2D eigenvalue weighted by Crippen LogP contribution is 2.67. The van der Waals surface area contributed by atoms with Crippen LogP contribution < -0.4 is 0 Å². The number of rotatable bonds is 4. The fourth-order valence-corrected chi connectivity index (χ4v) is 8.90. The summed E-state index contributed by atoms with van der Waals surface area (Å²) in [6.07, 6.45) is 11.1. The summed E-state index contributed by atoms with van der Waals surface area (Å²) in [4.78, 5) is 23.5. The van der Waals surface area contributed by atoms with Crippen LogP contribution in [0.25, 0.3) is 0 Å². The van der Waals surface area contributed by atoms with Crippen LogP contribution in [-0.2, 0) is 9.36 Å². The average molecular weight is 465 g/mol. The fraction of sp³-hybridized carbons (Fsp3) is 0.808. The van der Waals surface area contributed by atoms with Crippen molar-refractivity contribution in [2.24, 2.45) is 34.5 Å². The maximum atomic E-state index is 13.8. The first kappa shape index (κ1) is 24.4. The third-order valence-electron chi connectivity index (χ3n) is 10.3. The molecule has 0 aromatic carbocycles. The Hall–Kier alpha value is -0.740. The van der Waals surface area contributed by atoms with Gasteiger partial charge in [-0.25, -0.2) is 10.0 Å². The minimum absolute atomic E-state index is 0.0272. The summed E-state index contributed by atoms with van der Waals surface area (Å²) in [7, 11) is -2.64. The summed E-state index contributed by atoms with van der Waals surface area (Å²) >= 11 is 0. The number of carbonyl (C=O) groups excluding carboxylic acids is 1. The van der Waals surface area contributed by atoms with Crippen molar-refractivity contribution < 1.29 is 24.1 Å². The molecule has 7 atom stereocenters. The van der Waals surface area contributed by atoms with Crippen LogP contribution in [0.3, 0.4) is 0 Å². The van der Waals surface area contributed by atoms with E-state index in [9.17, 15) is 19.5 Å². The summed E-state index contributed by atoms with van der Waals surface area (Å²) in [5, 5.41) is 12.1. The molecule has 6 heteroatoms. The standard InChI is InChI=1S/C26H42NO4P/c1-16(2)27(29,17(3)4)24(28)23-10-9-21-20-8-7-18-15-19(32(30)31)11-13-25(18,5)22(20)12-14-26(21,23)6/h11,15-17,20-23,29,32H,7-10,12-14H2,1-6H3/p+1/t20-,21-,22-,23+,25-,26-/m0/s1. The summed E-state index contributed by atoms with van der Waals surface area (Å²) in [6, 6.07) is -0.296. The van der Waals surface area contributed by atoms with Crippen molar-refractivity contribution in [1.82, 2.24) is 0 Å². The summed E-state index contributed by atoms with van der Waals surface area (Å²) in [5.74, 6) is 1.62. The number of fused-ring (bicyclic) bond motifs is 5. The van der Waals surface area contributed by atoms with Gasteiger partial charge in [-0.05, 0) is 101 Å². The Morgan fingerprint density at radius 2 is 1.75 bits per heavy atom. The minimum atomic E-state index is -2.64. The topological polar surface area (TPSA) is 74.6 Å². The molecule has 1 unspecified atom stereocenters. The molecule has 5 nitrogen and oxygen atoms in total. The highest BCUT2D eigenvalue weighted by Gasteiger charge is 2.63. The molecule has 0 spiro atoms. The molecule has 0 saturated heterocycles. The predicted molar refractivity (Wildman–Crippen MR) is 127 cm³/mol. The molecule has 0 aromatic rings. The SMILES string of the molecule is CC(C)[N+](O)(C(=O)[C@H]1CC[C@H]2[C@@H]3CCC4=CC([PH](=O)O)=CC[C@]4(C)[C@H]3CC[C@]12C)C(C)C. The van der Waals surface area contributed by atoms with Gasteiger partial charge in [-0.15, -0.1) is 4.65 Å². The van der Waals surface area contributed by atoms with E-state index in [2.05, 4.69) is 13.8 Å².